The topological polar surface area (TPSA) is 72.9 Å². The average Bonchev–Trinajstić information content (AvgIpc) is 3.56. The number of carbonyl (C=O) groups is 2. The highest BCUT2D eigenvalue weighted by Gasteiger charge is 2.50. The summed E-state index contributed by atoms with van der Waals surface area (Å²) < 4.78 is 0. The first-order valence-electron chi connectivity index (χ1n) is 13.0. The van der Waals surface area contributed by atoms with Crippen LogP contribution in [0.5, 0.6) is 0 Å². The summed E-state index contributed by atoms with van der Waals surface area (Å²) >= 11 is 0. The molecule has 2 saturated heterocycles. The molecule has 3 aliphatic carbocycles. The summed E-state index contributed by atoms with van der Waals surface area (Å²) in [5.74, 6) is 3.21. The van der Waals surface area contributed by atoms with Crippen molar-refractivity contribution in [1.29, 1.82) is 0 Å². The van der Waals surface area contributed by atoms with Crippen LogP contribution in [-0.4, -0.2) is 71.1 Å². The zero-order valence-corrected chi connectivity index (χ0v) is 19.2. The Morgan fingerprint density at radius 1 is 0.871 bits per heavy atom. The van der Waals surface area contributed by atoms with Gasteiger partial charge < -0.3 is 20.2 Å². The van der Waals surface area contributed by atoms with Crippen molar-refractivity contribution in [2.45, 2.75) is 82.8 Å². The molecule has 0 aromatic heterocycles. The number of hydrogen-bond acceptors (Lipinski definition) is 4. The molecule has 6 atom stereocenters. The van der Waals surface area contributed by atoms with Gasteiger partial charge in [0, 0.05) is 38.1 Å². The van der Waals surface area contributed by atoms with Crippen LogP contribution in [0.3, 0.4) is 0 Å². The fraction of sp³-hybridized carbons (Fsp3) is 0.920. The van der Waals surface area contributed by atoms with Crippen molar-refractivity contribution < 1.29 is 14.7 Å². The van der Waals surface area contributed by atoms with Gasteiger partial charge in [-0.25, -0.2) is 0 Å². The Morgan fingerprint density at radius 3 is 2.29 bits per heavy atom. The van der Waals surface area contributed by atoms with Gasteiger partial charge in [0.25, 0.3) is 5.91 Å². The molecule has 6 heteroatoms. The summed E-state index contributed by atoms with van der Waals surface area (Å²) in [6.45, 7) is 5.82. The molecule has 2 heterocycles. The number of aliphatic hydroxyl groups is 1. The molecule has 2 aliphatic heterocycles. The van der Waals surface area contributed by atoms with Gasteiger partial charge in [0.2, 0.25) is 5.91 Å². The lowest BCUT2D eigenvalue weighted by Crippen LogP contribution is -2.55. The molecule has 2 N–H and O–H groups in total. The van der Waals surface area contributed by atoms with Crippen molar-refractivity contribution in [3.8, 4) is 0 Å². The number of hydrogen-bond donors (Lipinski definition) is 2. The maximum atomic E-state index is 13.3. The zero-order valence-electron chi connectivity index (χ0n) is 19.2. The van der Waals surface area contributed by atoms with E-state index in [1.165, 1.54) is 51.5 Å². The second-order valence-electron chi connectivity index (χ2n) is 11.4. The molecule has 5 aliphatic rings. The van der Waals surface area contributed by atoms with E-state index in [0.29, 0.717) is 50.8 Å². The fourth-order valence-electron chi connectivity index (χ4n) is 7.12. The number of piperazine rings is 1. The van der Waals surface area contributed by atoms with Gasteiger partial charge in [0.05, 0.1) is 0 Å². The van der Waals surface area contributed by atoms with Crippen molar-refractivity contribution in [3.05, 3.63) is 0 Å². The van der Waals surface area contributed by atoms with Crippen LogP contribution >= 0.6 is 0 Å². The third kappa shape index (κ3) is 4.39. The highest BCUT2D eigenvalue weighted by atomic mass is 16.3. The third-order valence-electron chi connectivity index (χ3n) is 9.35. The van der Waals surface area contributed by atoms with E-state index in [2.05, 4.69) is 12.2 Å². The van der Waals surface area contributed by atoms with Crippen LogP contribution in [-0.2, 0) is 9.59 Å². The Labute approximate surface area is 187 Å². The van der Waals surface area contributed by atoms with Gasteiger partial charge in [0.15, 0.2) is 0 Å². The largest absolute Gasteiger partial charge is 0.380 e. The van der Waals surface area contributed by atoms with E-state index in [1.54, 1.807) is 4.90 Å². The standard InChI is InChI=1S/C25H41N3O3/c1-17-14-18(20-15-19-4-2-3-5-22(19)26-16-20)6-7-21(17)23(29)27-10-12-28(13-11-27)24(30)25(31)8-9-25/h17-22,26,31H,2-16H2,1H3. The number of rotatable bonds is 3. The molecule has 0 aromatic carbocycles. The van der Waals surface area contributed by atoms with Crippen LogP contribution in [0.2, 0.25) is 0 Å². The minimum Gasteiger partial charge on any atom is -0.380 e. The summed E-state index contributed by atoms with van der Waals surface area (Å²) in [5, 5.41) is 14.0. The maximum Gasteiger partial charge on any atom is 0.254 e. The molecule has 174 valence electrons. The second kappa shape index (κ2) is 8.66. The van der Waals surface area contributed by atoms with Gasteiger partial charge in [-0.05, 0) is 81.6 Å². The molecule has 0 spiro atoms. The molecule has 0 aromatic rings. The summed E-state index contributed by atoms with van der Waals surface area (Å²) in [4.78, 5) is 29.4. The number of carbonyl (C=O) groups excluding carboxylic acids is 2. The van der Waals surface area contributed by atoms with Gasteiger partial charge in [-0.2, -0.15) is 0 Å². The number of amides is 2. The number of piperidine rings is 1. The molecule has 5 rings (SSSR count). The first-order valence-corrected chi connectivity index (χ1v) is 13.0. The minimum absolute atomic E-state index is 0.130. The maximum absolute atomic E-state index is 13.3. The minimum atomic E-state index is -1.09. The molecular formula is C25H41N3O3. The Hall–Kier alpha value is -1.14. The lowest BCUT2D eigenvalue weighted by atomic mass is 9.65. The van der Waals surface area contributed by atoms with Crippen LogP contribution in [0, 0.1) is 29.6 Å². The van der Waals surface area contributed by atoms with E-state index in [9.17, 15) is 14.7 Å². The van der Waals surface area contributed by atoms with E-state index in [0.717, 1.165) is 30.2 Å². The monoisotopic (exact) mass is 431 g/mol. The summed E-state index contributed by atoms with van der Waals surface area (Å²) in [6.07, 6.45) is 11.5. The number of fused-ring (bicyclic) bond motifs is 1. The van der Waals surface area contributed by atoms with Crippen molar-refractivity contribution in [1.82, 2.24) is 15.1 Å². The third-order valence-corrected chi connectivity index (χ3v) is 9.35. The molecule has 0 bridgehead atoms. The Bertz CT molecular complexity index is 685. The summed E-state index contributed by atoms with van der Waals surface area (Å²) in [6, 6.07) is 0.770. The molecule has 0 radical (unpaired) electrons. The first kappa shape index (κ1) is 21.7. The van der Waals surface area contributed by atoms with E-state index in [4.69, 9.17) is 0 Å². The van der Waals surface area contributed by atoms with E-state index in [1.807, 2.05) is 4.90 Å². The molecule has 6 nitrogen and oxygen atoms in total. The summed E-state index contributed by atoms with van der Waals surface area (Å²) in [5.41, 5.74) is -1.09. The van der Waals surface area contributed by atoms with Crippen molar-refractivity contribution in [2.75, 3.05) is 32.7 Å². The highest BCUT2D eigenvalue weighted by molar-refractivity contribution is 5.88. The van der Waals surface area contributed by atoms with Crippen LogP contribution in [0.4, 0.5) is 0 Å². The second-order valence-corrected chi connectivity index (χ2v) is 11.4. The lowest BCUT2D eigenvalue weighted by molar-refractivity contribution is -0.149. The van der Waals surface area contributed by atoms with Crippen molar-refractivity contribution >= 4 is 11.8 Å². The van der Waals surface area contributed by atoms with Crippen LogP contribution in [0.25, 0.3) is 0 Å². The van der Waals surface area contributed by atoms with Crippen LogP contribution < -0.4 is 5.32 Å². The average molecular weight is 432 g/mol. The predicted octanol–water partition coefficient (Wildman–Crippen LogP) is 2.40. The van der Waals surface area contributed by atoms with Gasteiger partial charge in [0.1, 0.15) is 5.60 Å². The fourth-order valence-corrected chi connectivity index (χ4v) is 7.12. The molecule has 2 amide bonds. The van der Waals surface area contributed by atoms with Crippen LogP contribution in [0.15, 0.2) is 0 Å². The van der Waals surface area contributed by atoms with Crippen molar-refractivity contribution in [3.63, 3.8) is 0 Å². The smallest absolute Gasteiger partial charge is 0.254 e. The van der Waals surface area contributed by atoms with Crippen molar-refractivity contribution in [2.24, 2.45) is 29.6 Å². The van der Waals surface area contributed by atoms with Gasteiger partial charge in [-0.15, -0.1) is 0 Å². The lowest BCUT2D eigenvalue weighted by Gasteiger charge is -2.46. The van der Waals surface area contributed by atoms with Crippen LogP contribution in [0.1, 0.15) is 71.1 Å². The molecule has 31 heavy (non-hydrogen) atoms. The zero-order chi connectivity index (χ0) is 21.6. The number of nitrogens with one attached hydrogen (secondary N) is 1. The van der Waals surface area contributed by atoms with Gasteiger partial charge >= 0.3 is 0 Å². The Morgan fingerprint density at radius 2 is 1.58 bits per heavy atom. The number of nitrogens with zero attached hydrogens (tertiary/aromatic N) is 2. The quantitative estimate of drug-likeness (QED) is 0.720. The predicted molar refractivity (Wildman–Crippen MR) is 119 cm³/mol. The SMILES string of the molecule is CC1CC(C2CNC3CCCCC3C2)CCC1C(=O)N1CCN(C(=O)C2(O)CC2)CC1. The Kier molecular flexibility index (Phi) is 6.06. The molecule has 3 saturated carbocycles. The van der Waals surface area contributed by atoms with Gasteiger partial charge in [-0.3, -0.25) is 9.59 Å². The van der Waals surface area contributed by atoms with E-state index >= 15 is 0 Å². The normalized spacial score (nSPS) is 40.2. The van der Waals surface area contributed by atoms with E-state index in [-0.39, 0.29) is 11.8 Å². The van der Waals surface area contributed by atoms with Gasteiger partial charge in [-0.1, -0.05) is 19.8 Å². The molecular weight excluding hydrogens is 390 g/mol. The first-order chi connectivity index (χ1) is 14.9. The highest BCUT2D eigenvalue weighted by Crippen LogP contribution is 2.43. The molecule has 6 unspecified atom stereocenters. The molecule has 5 fully saturated rings. The van der Waals surface area contributed by atoms with E-state index < -0.39 is 5.60 Å². The summed E-state index contributed by atoms with van der Waals surface area (Å²) in [7, 11) is 0. The Balaban J connectivity index is 1.11.